The topological polar surface area (TPSA) is 41.5 Å². The summed E-state index contributed by atoms with van der Waals surface area (Å²) < 4.78 is 5.36. The third-order valence-electron chi connectivity index (χ3n) is 2.63. The molecule has 0 fully saturated rings. The molecule has 1 heterocycles. The highest BCUT2D eigenvalue weighted by atomic mass is 16.5. The lowest BCUT2D eigenvalue weighted by Crippen LogP contribution is -2.11. The van der Waals surface area contributed by atoms with Gasteiger partial charge < -0.3 is 15.2 Å². The van der Waals surface area contributed by atoms with Crippen LogP contribution in [0.2, 0.25) is 0 Å². The number of fused-ring (bicyclic) bond motifs is 1. The number of ether oxygens (including phenoxy) is 1. The van der Waals surface area contributed by atoms with E-state index in [1.807, 2.05) is 13.1 Å². The van der Waals surface area contributed by atoms with Gasteiger partial charge in [-0.15, -0.1) is 0 Å². The first kappa shape index (κ1) is 9.49. The van der Waals surface area contributed by atoms with Crippen LogP contribution in [0.25, 0.3) is 0 Å². The lowest BCUT2D eigenvalue weighted by molar-refractivity contribution is 0.134. The van der Waals surface area contributed by atoms with Crippen LogP contribution in [0, 0.1) is 0 Å². The Morgan fingerprint density at radius 2 is 2.29 bits per heavy atom. The van der Waals surface area contributed by atoms with Crippen LogP contribution in [0.5, 0.6) is 5.75 Å². The van der Waals surface area contributed by atoms with Crippen molar-refractivity contribution in [3.8, 4) is 5.75 Å². The molecule has 0 atom stereocenters. The van der Waals surface area contributed by atoms with Gasteiger partial charge in [0.15, 0.2) is 0 Å². The van der Waals surface area contributed by atoms with Gasteiger partial charge in [-0.05, 0) is 37.2 Å². The Morgan fingerprint density at radius 3 is 3.07 bits per heavy atom. The largest absolute Gasteiger partial charge is 0.508 e. The molecule has 2 rings (SSSR count). The van der Waals surface area contributed by atoms with Gasteiger partial charge in [-0.3, -0.25) is 0 Å². The van der Waals surface area contributed by atoms with Gasteiger partial charge in [0.2, 0.25) is 0 Å². The molecule has 1 aromatic carbocycles. The summed E-state index contributed by atoms with van der Waals surface area (Å²) in [6.45, 7) is 2.20. The van der Waals surface area contributed by atoms with Gasteiger partial charge in [-0.2, -0.15) is 0 Å². The number of rotatable bonds is 3. The summed E-state index contributed by atoms with van der Waals surface area (Å²) in [4.78, 5) is 0. The monoisotopic (exact) mass is 193 g/mol. The molecular formula is C11H15NO2. The molecule has 0 unspecified atom stereocenters. The maximum Gasteiger partial charge on any atom is 0.119 e. The van der Waals surface area contributed by atoms with Crippen LogP contribution >= 0.6 is 0 Å². The van der Waals surface area contributed by atoms with Crippen LogP contribution < -0.4 is 5.32 Å². The smallest absolute Gasteiger partial charge is 0.119 e. The molecule has 1 aliphatic heterocycles. The number of likely N-dealkylation sites (N-methyl/N-ethyl adjacent to an activating group) is 1. The number of phenolic OH excluding ortho intramolecular Hbond substituents is 1. The average Bonchev–Trinajstić information content (AvgIpc) is 2.64. The second-order valence-electron chi connectivity index (χ2n) is 3.55. The van der Waals surface area contributed by atoms with E-state index in [0.717, 1.165) is 18.5 Å². The SMILES string of the molecule is CNCCc1c(O)ccc2c1COC2. The molecule has 0 bridgehead atoms. The Hall–Kier alpha value is -1.06. The van der Waals surface area contributed by atoms with Crippen LogP contribution in [0.3, 0.4) is 0 Å². The van der Waals surface area contributed by atoms with Gasteiger partial charge in [0.1, 0.15) is 5.75 Å². The fourth-order valence-corrected chi connectivity index (χ4v) is 1.84. The van der Waals surface area contributed by atoms with Crippen LogP contribution in [-0.2, 0) is 24.4 Å². The van der Waals surface area contributed by atoms with E-state index in [4.69, 9.17) is 4.74 Å². The fraction of sp³-hybridized carbons (Fsp3) is 0.455. The zero-order chi connectivity index (χ0) is 9.97. The highest BCUT2D eigenvalue weighted by Crippen LogP contribution is 2.30. The standard InChI is InChI=1S/C11H15NO2/c1-12-5-4-9-10-7-14-6-8(10)2-3-11(9)13/h2-3,12-13H,4-7H2,1H3. The normalized spacial score (nSPS) is 14.4. The van der Waals surface area contributed by atoms with E-state index < -0.39 is 0 Å². The molecule has 1 aliphatic rings. The number of hydrogen-bond acceptors (Lipinski definition) is 3. The van der Waals surface area contributed by atoms with Gasteiger partial charge in [-0.1, -0.05) is 6.07 Å². The van der Waals surface area contributed by atoms with Crippen molar-refractivity contribution >= 4 is 0 Å². The van der Waals surface area contributed by atoms with E-state index in [2.05, 4.69) is 5.32 Å². The first-order valence-corrected chi connectivity index (χ1v) is 4.88. The highest BCUT2D eigenvalue weighted by Gasteiger charge is 2.17. The van der Waals surface area contributed by atoms with E-state index in [1.54, 1.807) is 6.07 Å². The van der Waals surface area contributed by atoms with Crippen LogP contribution in [0.15, 0.2) is 12.1 Å². The van der Waals surface area contributed by atoms with E-state index in [0.29, 0.717) is 19.0 Å². The number of hydrogen-bond donors (Lipinski definition) is 2. The van der Waals surface area contributed by atoms with Crippen molar-refractivity contribution in [1.29, 1.82) is 0 Å². The minimum absolute atomic E-state index is 0.393. The van der Waals surface area contributed by atoms with Crippen molar-refractivity contribution < 1.29 is 9.84 Å². The van der Waals surface area contributed by atoms with Crippen LogP contribution in [0.4, 0.5) is 0 Å². The van der Waals surface area contributed by atoms with Crippen molar-refractivity contribution in [2.75, 3.05) is 13.6 Å². The van der Waals surface area contributed by atoms with E-state index in [-0.39, 0.29) is 0 Å². The average molecular weight is 193 g/mol. The van der Waals surface area contributed by atoms with Crippen LogP contribution in [0.1, 0.15) is 16.7 Å². The molecule has 14 heavy (non-hydrogen) atoms. The maximum atomic E-state index is 9.72. The van der Waals surface area contributed by atoms with Gasteiger partial charge in [0, 0.05) is 5.56 Å². The molecule has 0 aromatic heterocycles. The molecule has 0 saturated heterocycles. The summed E-state index contributed by atoms with van der Waals surface area (Å²) in [6.07, 6.45) is 0.856. The molecule has 0 amide bonds. The molecule has 1 aromatic rings. The van der Waals surface area contributed by atoms with Crippen molar-refractivity contribution in [2.24, 2.45) is 0 Å². The summed E-state index contributed by atoms with van der Waals surface area (Å²) in [5.41, 5.74) is 3.43. The maximum absolute atomic E-state index is 9.72. The number of aromatic hydroxyl groups is 1. The van der Waals surface area contributed by atoms with Gasteiger partial charge in [0.25, 0.3) is 0 Å². The molecule has 3 heteroatoms. The van der Waals surface area contributed by atoms with Gasteiger partial charge in [-0.25, -0.2) is 0 Å². The Balaban J connectivity index is 2.31. The Bertz CT molecular complexity index is 336. The van der Waals surface area contributed by atoms with Crippen molar-refractivity contribution in [1.82, 2.24) is 5.32 Å². The van der Waals surface area contributed by atoms with E-state index in [9.17, 15) is 5.11 Å². The molecule has 76 valence electrons. The predicted octanol–water partition coefficient (Wildman–Crippen LogP) is 1.18. The summed E-state index contributed by atoms with van der Waals surface area (Å²) in [5.74, 6) is 0.393. The predicted molar refractivity (Wildman–Crippen MR) is 54.2 cm³/mol. The first-order valence-electron chi connectivity index (χ1n) is 4.88. The van der Waals surface area contributed by atoms with Crippen molar-refractivity contribution in [3.05, 3.63) is 28.8 Å². The fourth-order valence-electron chi connectivity index (χ4n) is 1.84. The van der Waals surface area contributed by atoms with E-state index >= 15 is 0 Å². The van der Waals surface area contributed by atoms with Crippen LogP contribution in [-0.4, -0.2) is 18.7 Å². The lowest BCUT2D eigenvalue weighted by Gasteiger charge is -2.09. The third kappa shape index (κ3) is 1.61. The molecule has 2 N–H and O–H groups in total. The zero-order valence-electron chi connectivity index (χ0n) is 8.34. The molecule has 0 aliphatic carbocycles. The lowest BCUT2D eigenvalue weighted by atomic mass is 10.00. The quantitative estimate of drug-likeness (QED) is 0.757. The summed E-state index contributed by atoms with van der Waals surface area (Å²) in [6, 6.07) is 3.71. The zero-order valence-corrected chi connectivity index (χ0v) is 8.34. The van der Waals surface area contributed by atoms with E-state index in [1.165, 1.54) is 11.1 Å². The molecular weight excluding hydrogens is 178 g/mol. The molecule has 0 saturated carbocycles. The first-order chi connectivity index (χ1) is 6.83. The van der Waals surface area contributed by atoms with Gasteiger partial charge >= 0.3 is 0 Å². The highest BCUT2D eigenvalue weighted by molar-refractivity contribution is 5.45. The second-order valence-corrected chi connectivity index (χ2v) is 3.55. The van der Waals surface area contributed by atoms with Gasteiger partial charge in [0.05, 0.1) is 13.2 Å². The Kier molecular flexibility index (Phi) is 2.70. The summed E-state index contributed by atoms with van der Waals surface area (Å²) in [5, 5.41) is 12.8. The Morgan fingerprint density at radius 1 is 1.43 bits per heavy atom. The second kappa shape index (κ2) is 3.98. The Labute approximate surface area is 83.7 Å². The van der Waals surface area contributed by atoms with Crippen molar-refractivity contribution in [3.63, 3.8) is 0 Å². The minimum Gasteiger partial charge on any atom is -0.508 e. The minimum atomic E-state index is 0.393. The number of nitrogens with one attached hydrogen (secondary N) is 1. The molecule has 0 spiro atoms. The molecule has 3 nitrogen and oxygen atoms in total. The number of phenols is 1. The summed E-state index contributed by atoms with van der Waals surface area (Å²) >= 11 is 0. The number of benzene rings is 1. The molecule has 0 radical (unpaired) electrons. The van der Waals surface area contributed by atoms with Crippen molar-refractivity contribution in [2.45, 2.75) is 19.6 Å². The summed E-state index contributed by atoms with van der Waals surface area (Å²) in [7, 11) is 1.91. The third-order valence-corrected chi connectivity index (χ3v) is 2.63.